The Labute approximate surface area is 183 Å². The van der Waals surface area contributed by atoms with Gasteiger partial charge in [0.25, 0.3) is 5.91 Å². The van der Waals surface area contributed by atoms with Crippen molar-refractivity contribution in [3.63, 3.8) is 0 Å². The summed E-state index contributed by atoms with van der Waals surface area (Å²) in [5, 5.41) is 5.34. The van der Waals surface area contributed by atoms with E-state index in [1.807, 2.05) is 13.8 Å². The smallest absolute Gasteiger partial charge is 0.253 e. The van der Waals surface area contributed by atoms with Crippen LogP contribution in [0, 0.1) is 11.3 Å². The fraction of sp³-hybridized carbons (Fsp3) is 0.727. The maximum absolute atomic E-state index is 12.5. The first-order chi connectivity index (χ1) is 14.4. The minimum Gasteiger partial charge on any atom is -0.353 e. The second-order valence-corrected chi connectivity index (χ2v) is 9.36. The molecule has 2 rings (SSSR count). The average molecular weight is 438 g/mol. The fourth-order valence-electron chi connectivity index (χ4n) is 3.52. The number of rotatable bonds is 9. The van der Waals surface area contributed by atoms with Gasteiger partial charge in [-0.3, -0.25) is 24.1 Å². The van der Waals surface area contributed by atoms with Crippen molar-refractivity contribution in [3.8, 4) is 0 Å². The molecule has 31 heavy (non-hydrogen) atoms. The highest BCUT2D eigenvalue weighted by Gasteiger charge is 2.45. The fourth-order valence-corrected chi connectivity index (χ4v) is 3.52. The summed E-state index contributed by atoms with van der Waals surface area (Å²) in [7, 11) is 0. The number of nitrogens with one attached hydrogen (secondary N) is 2. The molecule has 0 radical (unpaired) electrons. The minimum absolute atomic E-state index is 0.0939. The Hall–Kier alpha value is -2.26. The first-order valence-corrected chi connectivity index (χ1v) is 10.8. The molecular formula is C22H35N3O6. The Bertz CT molecular complexity index is 731. The van der Waals surface area contributed by atoms with Crippen LogP contribution in [0.15, 0.2) is 12.3 Å². The van der Waals surface area contributed by atoms with E-state index in [9.17, 15) is 19.2 Å². The molecule has 0 aromatic carbocycles. The van der Waals surface area contributed by atoms with E-state index in [1.165, 1.54) is 17.2 Å². The summed E-state index contributed by atoms with van der Waals surface area (Å²) in [6.07, 6.45) is 4.41. The molecule has 174 valence electrons. The van der Waals surface area contributed by atoms with Crippen LogP contribution in [0.1, 0.15) is 60.3 Å². The van der Waals surface area contributed by atoms with E-state index in [1.54, 1.807) is 20.8 Å². The van der Waals surface area contributed by atoms with Crippen molar-refractivity contribution in [1.82, 2.24) is 15.5 Å². The normalized spacial score (nSPS) is 25.1. The minimum atomic E-state index is -0.841. The van der Waals surface area contributed by atoms with Crippen LogP contribution in [0.5, 0.6) is 0 Å². The predicted octanol–water partition coefficient (Wildman–Crippen LogP) is 1.48. The monoisotopic (exact) mass is 437 g/mol. The molecule has 2 heterocycles. The van der Waals surface area contributed by atoms with Gasteiger partial charge in [0.2, 0.25) is 17.7 Å². The van der Waals surface area contributed by atoms with Crippen molar-refractivity contribution in [3.05, 3.63) is 12.3 Å². The van der Waals surface area contributed by atoms with Gasteiger partial charge >= 0.3 is 0 Å². The van der Waals surface area contributed by atoms with Crippen molar-refractivity contribution in [1.29, 1.82) is 0 Å². The summed E-state index contributed by atoms with van der Waals surface area (Å²) < 4.78 is 11.4. The van der Waals surface area contributed by atoms with Crippen molar-refractivity contribution < 1.29 is 28.7 Å². The number of imide groups is 1. The zero-order chi connectivity index (χ0) is 23.2. The van der Waals surface area contributed by atoms with E-state index in [4.69, 9.17) is 9.47 Å². The van der Waals surface area contributed by atoms with Gasteiger partial charge in [0, 0.05) is 43.1 Å². The summed E-state index contributed by atoms with van der Waals surface area (Å²) in [5.41, 5.74) is -0.488. The molecule has 0 aromatic heterocycles. The van der Waals surface area contributed by atoms with Gasteiger partial charge in [-0.25, -0.2) is 0 Å². The number of unbranched alkanes of at least 4 members (excludes halogenated alkanes) is 2. The van der Waals surface area contributed by atoms with Crippen LogP contribution in [-0.2, 0) is 28.7 Å². The molecule has 0 aliphatic carbocycles. The first-order valence-electron chi connectivity index (χ1n) is 10.8. The molecule has 0 saturated carbocycles. The van der Waals surface area contributed by atoms with Crippen LogP contribution in [0.3, 0.4) is 0 Å². The Balaban J connectivity index is 1.62. The lowest BCUT2D eigenvalue weighted by molar-refractivity contribution is -0.303. The van der Waals surface area contributed by atoms with Gasteiger partial charge in [0.15, 0.2) is 5.79 Å². The molecule has 0 spiro atoms. The molecule has 2 N–H and O–H groups in total. The van der Waals surface area contributed by atoms with Crippen LogP contribution in [0.25, 0.3) is 0 Å². The Morgan fingerprint density at radius 1 is 1.16 bits per heavy atom. The quantitative estimate of drug-likeness (QED) is 0.321. The Morgan fingerprint density at radius 3 is 2.52 bits per heavy atom. The molecule has 2 aliphatic rings. The topological polar surface area (TPSA) is 114 Å². The van der Waals surface area contributed by atoms with Gasteiger partial charge in [0.1, 0.15) is 6.10 Å². The number of carbonyl (C=O) groups is 4. The van der Waals surface area contributed by atoms with Gasteiger partial charge in [-0.1, -0.05) is 20.8 Å². The van der Waals surface area contributed by atoms with Crippen LogP contribution >= 0.6 is 0 Å². The molecule has 2 saturated heterocycles. The summed E-state index contributed by atoms with van der Waals surface area (Å²) in [6.45, 7) is 10.4. The number of amides is 4. The number of ether oxygens (including phenoxy) is 2. The number of nitrogens with zero attached hydrogens (tertiary/aromatic N) is 1. The maximum atomic E-state index is 12.5. The zero-order valence-electron chi connectivity index (χ0n) is 19.2. The van der Waals surface area contributed by atoms with Gasteiger partial charge < -0.3 is 20.1 Å². The lowest BCUT2D eigenvalue weighted by Gasteiger charge is -2.44. The van der Waals surface area contributed by atoms with Crippen LogP contribution in [-0.4, -0.2) is 60.1 Å². The van der Waals surface area contributed by atoms with E-state index in [0.29, 0.717) is 32.5 Å². The van der Waals surface area contributed by atoms with Gasteiger partial charge in [-0.2, -0.15) is 0 Å². The third-order valence-electron chi connectivity index (χ3n) is 5.43. The van der Waals surface area contributed by atoms with Gasteiger partial charge in [0.05, 0.1) is 6.61 Å². The summed E-state index contributed by atoms with van der Waals surface area (Å²) in [6, 6.07) is 0. The van der Waals surface area contributed by atoms with Crippen LogP contribution in [0.2, 0.25) is 0 Å². The van der Waals surface area contributed by atoms with E-state index < -0.39 is 17.3 Å². The molecule has 1 unspecified atom stereocenters. The van der Waals surface area contributed by atoms with Crippen molar-refractivity contribution in [2.45, 2.75) is 72.2 Å². The zero-order valence-corrected chi connectivity index (χ0v) is 19.2. The SMILES string of the molecule is CC1CC(=O)N(CCCCCNC(=O)/C=C\NC(=O)[C@@H]2OC(C)(C)OCC2(C)C)C1=O. The van der Waals surface area contributed by atoms with Crippen molar-refractivity contribution >= 4 is 23.6 Å². The van der Waals surface area contributed by atoms with E-state index in [0.717, 1.165) is 12.8 Å². The second kappa shape index (κ2) is 10.4. The molecule has 4 amide bonds. The summed E-state index contributed by atoms with van der Waals surface area (Å²) in [4.78, 5) is 49.2. The van der Waals surface area contributed by atoms with Gasteiger partial charge in [-0.05, 0) is 33.1 Å². The molecule has 0 bridgehead atoms. The summed E-state index contributed by atoms with van der Waals surface area (Å²) in [5.74, 6) is -1.89. The third kappa shape index (κ3) is 7.14. The van der Waals surface area contributed by atoms with Crippen molar-refractivity contribution in [2.75, 3.05) is 19.7 Å². The van der Waals surface area contributed by atoms with Crippen LogP contribution < -0.4 is 10.6 Å². The molecule has 9 nitrogen and oxygen atoms in total. The second-order valence-electron chi connectivity index (χ2n) is 9.36. The number of hydrogen-bond acceptors (Lipinski definition) is 6. The number of likely N-dealkylation sites (tertiary alicyclic amines) is 1. The Kier molecular flexibility index (Phi) is 8.36. The maximum Gasteiger partial charge on any atom is 0.253 e. The number of carbonyl (C=O) groups excluding carboxylic acids is 4. The highest BCUT2D eigenvalue weighted by molar-refractivity contribution is 6.03. The lowest BCUT2D eigenvalue weighted by Crippen LogP contribution is -2.55. The average Bonchev–Trinajstić information content (AvgIpc) is 2.92. The van der Waals surface area contributed by atoms with E-state index in [-0.39, 0.29) is 29.5 Å². The molecule has 2 aliphatic heterocycles. The lowest BCUT2D eigenvalue weighted by atomic mass is 9.85. The van der Waals surface area contributed by atoms with Crippen molar-refractivity contribution in [2.24, 2.45) is 11.3 Å². The van der Waals surface area contributed by atoms with Gasteiger partial charge in [-0.15, -0.1) is 0 Å². The van der Waals surface area contributed by atoms with Crippen LogP contribution in [0.4, 0.5) is 0 Å². The molecule has 2 atom stereocenters. The molecule has 0 aromatic rings. The van der Waals surface area contributed by atoms with E-state index in [2.05, 4.69) is 10.6 Å². The standard InChI is InChI=1S/C22H35N3O6/c1-15-13-17(27)25(20(15)29)12-8-6-7-10-23-16(26)9-11-24-19(28)18-21(2,3)14-30-22(4,5)31-18/h9,11,15,18H,6-8,10,12-14H2,1-5H3,(H,23,26)(H,24,28)/b11-9-/t15?,18-/m0/s1. The molecule has 9 heteroatoms. The molecular weight excluding hydrogens is 402 g/mol. The first kappa shape index (κ1) is 25.0. The van der Waals surface area contributed by atoms with E-state index >= 15 is 0 Å². The Morgan fingerprint density at radius 2 is 1.87 bits per heavy atom. The highest BCUT2D eigenvalue weighted by Crippen LogP contribution is 2.34. The largest absolute Gasteiger partial charge is 0.353 e. The third-order valence-corrected chi connectivity index (χ3v) is 5.43. The summed E-state index contributed by atoms with van der Waals surface area (Å²) >= 11 is 0. The predicted molar refractivity (Wildman–Crippen MR) is 113 cm³/mol. The number of hydrogen-bond donors (Lipinski definition) is 2. The molecule has 2 fully saturated rings. The highest BCUT2D eigenvalue weighted by atomic mass is 16.7.